The molecule has 1 aromatic carbocycles. The number of amides is 2. The van der Waals surface area contributed by atoms with Crippen LogP contribution in [0.1, 0.15) is 76.6 Å². The Bertz CT molecular complexity index is 1340. The number of carbonyl (C=O) groups excluding carboxylic acids is 2. The summed E-state index contributed by atoms with van der Waals surface area (Å²) in [6.07, 6.45) is -2.26. The molecule has 41 heavy (non-hydrogen) atoms. The number of benzene rings is 1. The zero-order valence-electron chi connectivity index (χ0n) is 23.6. The second-order valence-electron chi connectivity index (χ2n) is 11.9. The fourth-order valence-corrected chi connectivity index (χ4v) is 6.64. The Balaban J connectivity index is 1.47. The molecule has 0 spiro atoms. The number of carbonyl (C=O) groups is 2. The van der Waals surface area contributed by atoms with E-state index in [9.17, 15) is 22.8 Å². The van der Waals surface area contributed by atoms with Crippen LogP contribution in [0.25, 0.3) is 0 Å². The molecule has 3 heterocycles. The summed E-state index contributed by atoms with van der Waals surface area (Å²) in [7, 11) is 0. The van der Waals surface area contributed by atoms with Gasteiger partial charge in [0.1, 0.15) is 5.75 Å². The molecule has 2 aromatic rings. The lowest BCUT2D eigenvalue weighted by molar-refractivity contribution is -0.201. The fourth-order valence-electron chi connectivity index (χ4n) is 6.64. The van der Waals surface area contributed by atoms with E-state index < -0.39 is 47.7 Å². The first-order valence-electron chi connectivity index (χ1n) is 14.0. The highest BCUT2D eigenvalue weighted by atomic mass is 19.4. The molecule has 1 saturated carbocycles. The Morgan fingerprint density at radius 3 is 2.51 bits per heavy atom. The van der Waals surface area contributed by atoms with Crippen molar-refractivity contribution in [3.05, 3.63) is 59.9 Å². The van der Waals surface area contributed by atoms with Crippen LogP contribution in [0.4, 0.5) is 13.2 Å². The third kappa shape index (κ3) is 5.15. The third-order valence-corrected chi connectivity index (χ3v) is 9.20. The molecule has 0 bridgehead atoms. The molecule has 1 fully saturated rings. The minimum absolute atomic E-state index is 0.101. The average molecular weight is 572 g/mol. The predicted octanol–water partition coefficient (Wildman–Crippen LogP) is 5.07. The Morgan fingerprint density at radius 1 is 1.20 bits per heavy atom. The molecule has 3 aliphatic rings. The summed E-state index contributed by atoms with van der Waals surface area (Å²) in [6.45, 7) is 7.80. The van der Waals surface area contributed by atoms with E-state index in [1.807, 2.05) is 33.8 Å². The minimum atomic E-state index is -4.58. The van der Waals surface area contributed by atoms with Crippen LogP contribution in [0.15, 0.2) is 53.8 Å². The van der Waals surface area contributed by atoms with E-state index in [0.29, 0.717) is 24.0 Å². The summed E-state index contributed by atoms with van der Waals surface area (Å²) < 4.78 is 46.3. The van der Waals surface area contributed by atoms with Gasteiger partial charge in [0.2, 0.25) is 11.8 Å². The minimum Gasteiger partial charge on any atom is -0.480 e. The van der Waals surface area contributed by atoms with Gasteiger partial charge >= 0.3 is 6.18 Å². The lowest BCUT2D eigenvalue weighted by Crippen LogP contribution is -2.53. The van der Waals surface area contributed by atoms with Crippen LogP contribution in [0, 0.1) is 17.3 Å². The summed E-state index contributed by atoms with van der Waals surface area (Å²) >= 11 is 0. The SMILES string of the molecule is CCC1(CC)CC(=O)N(C(c2cccnc2)C2C(C(=O)NC3CC(C(F)(F)F)Oc4ccccc43)C2(C)C)C(N)=N1. The third-order valence-electron chi connectivity index (χ3n) is 9.20. The van der Waals surface area contributed by atoms with Crippen molar-refractivity contribution in [1.29, 1.82) is 0 Å². The van der Waals surface area contributed by atoms with Gasteiger partial charge in [0.15, 0.2) is 12.1 Å². The number of rotatable bonds is 7. The van der Waals surface area contributed by atoms with E-state index >= 15 is 0 Å². The first kappa shape index (κ1) is 28.9. The number of pyridine rings is 1. The molecule has 8 nitrogen and oxygen atoms in total. The summed E-state index contributed by atoms with van der Waals surface area (Å²) in [5, 5.41) is 2.89. The lowest BCUT2D eigenvalue weighted by atomic mass is 9.86. The molecule has 5 atom stereocenters. The highest BCUT2D eigenvalue weighted by molar-refractivity contribution is 6.00. The molecule has 220 valence electrons. The van der Waals surface area contributed by atoms with Gasteiger partial charge < -0.3 is 15.8 Å². The summed E-state index contributed by atoms with van der Waals surface area (Å²) in [4.78, 5) is 38.0. The molecule has 0 radical (unpaired) electrons. The largest absolute Gasteiger partial charge is 0.480 e. The number of aromatic nitrogens is 1. The highest BCUT2D eigenvalue weighted by Crippen LogP contribution is 2.65. The van der Waals surface area contributed by atoms with Crippen LogP contribution in [-0.4, -0.2) is 45.5 Å². The standard InChI is InChI=1S/C30H36F3N5O3/c1-5-29(6-2)15-22(39)38(27(34)37-29)25(17-10-9-13-35-16-17)23-24(28(23,3)4)26(40)36-19-14-21(30(31,32)33)41-20-12-8-7-11-18(19)20/h7-13,16,19,21,23-25H,5-6,14-15H2,1-4H3,(H2,34,37)(H,36,40). The first-order chi connectivity index (χ1) is 19.3. The number of fused-ring (bicyclic) bond motifs is 1. The van der Waals surface area contributed by atoms with Crippen LogP contribution in [0.5, 0.6) is 5.75 Å². The monoisotopic (exact) mass is 571 g/mol. The first-order valence-corrected chi connectivity index (χ1v) is 14.0. The molecule has 1 aromatic heterocycles. The van der Waals surface area contributed by atoms with E-state index in [1.165, 1.54) is 11.0 Å². The Hall–Kier alpha value is -3.63. The number of guanidine groups is 1. The van der Waals surface area contributed by atoms with Gasteiger partial charge in [0.25, 0.3) is 0 Å². The van der Waals surface area contributed by atoms with Gasteiger partial charge in [-0.25, -0.2) is 4.99 Å². The second-order valence-corrected chi connectivity index (χ2v) is 11.9. The number of para-hydroxylation sites is 1. The van der Waals surface area contributed by atoms with Crippen molar-refractivity contribution in [1.82, 2.24) is 15.2 Å². The van der Waals surface area contributed by atoms with Crippen molar-refractivity contribution in [2.75, 3.05) is 0 Å². The van der Waals surface area contributed by atoms with Crippen molar-refractivity contribution >= 4 is 17.8 Å². The fraction of sp³-hybridized carbons (Fsp3) is 0.533. The number of nitrogens with two attached hydrogens (primary N) is 1. The van der Waals surface area contributed by atoms with Crippen LogP contribution < -0.4 is 15.8 Å². The molecule has 5 rings (SSSR count). The van der Waals surface area contributed by atoms with Gasteiger partial charge in [-0.1, -0.05) is 52.0 Å². The van der Waals surface area contributed by atoms with Crippen molar-refractivity contribution < 1.29 is 27.5 Å². The number of nitrogens with zero attached hydrogens (tertiary/aromatic N) is 3. The van der Waals surface area contributed by atoms with Gasteiger partial charge in [0.05, 0.1) is 24.0 Å². The second kappa shape index (κ2) is 10.3. The smallest absolute Gasteiger partial charge is 0.425 e. The van der Waals surface area contributed by atoms with E-state index in [0.717, 1.165) is 0 Å². The van der Waals surface area contributed by atoms with Crippen molar-refractivity contribution in [2.45, 2.75) is 83.3 Å². The summed E-state index contributed by atoms with van der Waals surface area (Å²) in [6, 6.07) is 8.53. The molecule has 5 unspecified atom stereocenters. The van der Waals surface area contributed by atoms with E-state index in [-0.39, 0.29) is 35.9 Å². The Morgan fingerprint density at radius 2 is 1.90 bits per heavy atom. The van der Waals surface area contributed by atoms with Crippen LogP contribution in [0.2, 0.25) is 0 Å². The van der Waals surface area contributed by atoms with E-state index in [4.69, 9.17) is 15.5 Å². The topological polar surface area (TPSA) is 110 Å². The Labute approximate surface area is 237 Å². The van der Waals surface area contributed by atoms with Crippen LogP contribution in [0.3, 0.4) is 0 Å². The van der Waals surface area contributed by atoms with Gasteiger partial charge in [-0.05, 0) is 36.0 Å². The van der Waals surface area contributed by atoms with Gasteiger partial charge in [0, 0.05) is 36.2 Å². The number of aliphatic imine (C=N–C) groups is 1. The molecular formula is C30H36F3N5O3. The van der Waals surface area contributed by atoms with Gasteiger partial charge in [-0.15, -0.1) is 0 Å². The maximum atomic E-state index is 13.8. The van der Waals surface area contributed by atoms with Crippen molar-refractivity contribution in [2.24, 2.45) is 28.0 Å². The van der Waals surface area contributed by atoms with Gasteiger partial charge in [-0.2, -0.15) is 13.2 Å². The van der Waals surface area contributed by atoms with Gasteiger partial charge in [-0.3, -0.25) is 19.5 Å². The van der Waals surface area contributed by atoms with Crippen LogP contribution >= 0.6 is 0 Å². The molecule has 2 amide bonds. The Kier molecular flexibility index (Phi) is 7.28. The molecule has 11 heteroatoms. The number of hydrogen-bond acceptors (Lipinski definition) is 6. The van der Waals surface area contributed by atoms with Crippen molar-refractivity contribution in [3.8, 4) is 5.75 Å². The highest BCUT2D eigenvalue weighted by Gasteiger charge is 2.67. The molecule has 1 aliphatic carbocycles. The normalized spacial score (nSPS) is 27.2. The summed E-state index contributed by atoms with van der Waals surface area (Å²) in [5.74, 6) is -1.34. The van der Waals surface area contributed by atoms with E-state index in [1.54, 1.807) is 36.7 Å². The van der Waals surface area contributed by atoms with Crippen LogP contribution in [-0.2, 0) is 9.59 Å². The number of hydrogen-bond donors (Lipinski definition) is 2. The average Bonchev–Trinajstić information content (AvgIpc) is 3.51. The summed E-state index contributed by atoms with van der Waals surface area (Å²) in [5.41, 5.74) is 6.53. The molecule has 0 saturated heterocycles. The maximum Gasteiger partial charge on any atom is 0.425 e. The number of alkyl halides is 3. The zero-order chi connectivity index (χ0) is 29.7. The molecule has 3 N–H and O–H groups in total. The maximum absolute atomic E-state index is 13.8. The predicted molar refractivity (Wildman–Crippen MR) is 147 cm³/mol. The lowest BCUT2D eigenvalue weighted by Gasteiger charge is -2.40. The number of halogens is 3. The van der Waals surface area contributed by atoms with Crippen molar-refractivity contribution in [3.63, 3.8) is 0 Å². The quantitative estimate of drug-likeness (QED) is 0.482. The number of nitrogens with one attached hydrogen (secondary N) is 1. The zero-order valence-corrected chi connectivity index (χ0v) is 23.6. The number of ether oxygens (including phenoxy) is 1. The molecular weight excluding hydrogens is 535 g/mol. The van der Waals surface area contributed by atoms with E-state index in [2.05, 4.69) is 10.3 Å². The molecule has 2 aliphatic heterocycles.